The molecule has 1 atom stereocenters. The lowest BCUT2D eigenvalue weighted by Gasteiger charge is -2.28. The number of rotatable bonds is 4. The number of ether oxygens (including phenoxy) is 1. The summed E-state index contributed by atoms with van der Waals surface area (Å²) in [5.41, 5.74) is 6.64. The van der Waals surface area contributed by atoms with Crippen LogP contribution >= 0.6 is 0 Å². The molecule has 0 aliphatic carbocycles. The van der Waals surface area contributed by atoms with Crippen molar-refractivity contribution < 1.29 is 4.74 Å². The molecule has 5 nitrogen and oxygen atoms in total. The summed E-state index contributed by atoms with van der Waals surface area (Å²) in [6.07, 6.45) is 6.23. The Morgan fingerprint density at radius 1 is 1.47 bits per heavy atom. The first-order valence-electron chi connectivity index (χ1n) is 5.21. The van der Waals surface area contributed by atoms with Crippen LogP contribution in [0.5, 0.6) is 0 Å². The fourth-order valence-electron chi connectivity index (χ4n) is 1.87. The zero-order chi connectivity index (χ0) is 10.5. The SMILES string of the molecule is NCCN(c1cncnc1)C1CCOC1. The zero-order valence-electron chi connectivity index (χ0n) is 8.67. The van der Waals surface area contributed by atoms with Crippen molar-refractivity contribution in [3.05, 3.63) is 18.7 Å². The second-order valence-electron chi connectivity index (χ2n) is 3.60. The Morgan fingerprint density at radius 3 is 2.87 bits per heavy atom. The van der Waals surface area contributed by atoms with Gasteiger partial charge in [0.25, 0.3) is 0 Å². The van der Waals surface area contributed by atoms with Crippen LogP contribution in [-0.2, 0) is 4.74 Å². The molecule has 1 aliphatic heterocycles. The average molecular weight is 208 g/mol. The van der Waals surface area contributed by atoms with Crippen LogP contribution in [0.4, 0.5) is 5.69 Å². The standard InChI is InChI=1S/C10H16N4O/c11-2-3-14(9-1-4-15-7-9)10-5-12-8-13-6-10/h5-6,8-9H,1-4,7,11H2. The number of anilines is 1. The number of hydrogen-bond acceptors (Lipinski definition) is 5. The number of hydrogen-bond donors (Lipinski definition) is 1. The normalized spacial score (nSPS) is 20.5. The van der Waals surface area contributed by atoms with Gasteiger partial charge in [-0.25, -0.2) is 9.97 Å². The highest BCUT2D eigenvalue weighted by atomic mass is 16.5. The van der Waals surface area contributed by atoms with E-state index in [4.69, 9.17) is 10.5 Å². The molecule has 1 aromatic rings. The largest absolute Gasteiger partial charge is 0.379 e. The van der Waals surface area contributed by atoms with Crippen molar-refractivity contribution in [2.45, 2.75) is 12.5 Å². The molecule has 2 heterocycles. The third kappa shape index (κ3) is 2.43. The Balaban J connectivity index is 2.11. The molecule has 1 fully saturated rings. The van der Waals surface area contributed by atoms with Crippen molar-refractivity contribution in [2.75, 3.05) is 31.2 Å². The molecule has 0 saturated carbocycles. The van der Waals surface area contributed by atoms with Crippen LogP contribution in [0, 0.1) is 0 Å². The molecule has 1 aliphatic rings. The highest BCUT2D eigenvalue weighted by Gasteiger charge is 2.23. The van der Waals surface area contributed by atoms with E-state index < -0.39 is 0 Å². The van der Waals surface area contributed by atoms with Gasteiger partial charge in [0.1, 0.15) is 6.33 Å². The number of aromatic nitrogens is 2. The minimum absolute atomic E-state index is 0.416. The monoisotopic (exact) mass is 208 g/mol. The summed E-state index contributed by atoms with van der Waals surface area (Å²) in [5, 5.41) is 0. The van der Waals surface area contributed by atoms with E-state index in [-0.39, 0.29) is 0 Å². The van der Waals surface area contributed by atoms with E-state index in [2.05, 4.69) is 14.9 Å². The van der Waals surface area contributed by atoms with E-state index in [1.54, 1.807) is 0 Å². The van der Waals surface area contributed by atoms with E-state index >= 15 is 0 Å². The first-order chi connectivity index (χ1) is 7.42. The van der Waals surface area contributed by atoms with Crippen LogP contribution in [0.2, 0.25) is 0 Å². The summed E-state index contributed by atoms with van der Waals surface area (Å²) >= 11 is 0. The summed E-state index contributed by atoms with van der Waals surface area (Å²) in [4.78, 5) is 10.3. The van der Waals surface area contributed by atoms with Crippen molar-refractivity contribution in [3.8, 4) is 0 Å². The predicted octanol–water partition coefficient (Wildman–Crippen LogP) is 0.0306. The summed E-state index contributed by atoms with van der Waals surface area (Å²) in [7, 11) is 0. The second kappa shape index (κ2) is 5.04. The lowest BCUT2D eigenvalue weighted by atomic mass is 10.2. The first kappa shape index (κ1) is 10.3. The molecule has 5 heteroatoms. The molecule has 1 unspecified atom stereocenters. The molecule has 82 valence electrons. The van der Waals surface area contributed by atoms with Gasteiger partial charge in [0.2, 0.25) is 0 Å². The smallest absolute Gasteiger partial charge is 0.115 e. The van der Waals surface area contributed by atoms with Gasteiger partial charge in [-0.3, -0.25) is 0 Å². The van der Waals surface area contributed by atoms with E-state index in [1.807, 2.05) is 12.4 Å². The maximum Gasteiger partial charge on any atom is 0.115 e. The summed E-state index contributed by atoms with van der Waals surface area (Å²) < 4.78 is 5.38. The molecular formula is C10H16N4O. The third-order valence-corrected chi connectivity index (χ3v) is 2.60. The van der Waals surface area contributed by atoms with Crippen LogP contribution in [0.15, 0.2) is 18.7 Å². The summed E-state index contributed by atoms with van der Waals surface area (Å²) in [6, 6.07) is 0.416. The van der Waals surface area contributed by atoms with Gasteiger partial charge in [-0.1, -0.05) is 0 Å². The molecule has 0 amide bonds. The number of nitrogens with zero attached hydrogens (tertiary/aromatic N) is 3. The molecule has 0 radical (unpaired) electrons. The Labute approximate surface area is 89.3 Å². The molecule has 1 aromatic heterocycles. The molecular weight excluding hydrogens is 192 g/mol. The fourth-order valence-corrected chi connectivity index (χ4v) is 1.87. The van der Waals surface area contributed by atoms with Gasteiger partial charge in [0.05, 0.1) is 30.7 Å². The van der Waals surface area contributed by atoms with E-state index in [0.717, 1.165) is 31.9 Å². The van der Waals surface area contributed by atoms with Gasteiger partial charge in [-0.2, -0.15) is 0 Å². The van der Waals surface area contributed by atoms with Gasteiger partial charge in [-0.05, 0) is 6.42 Å². The first-order valence-corrected chi connectivity index (χ1v) is 5.21. The fraction of sp³-hybridized carbons (Fsp3) is 0.600. The Bertz CT molecular complexity index is 287. The van der Waals surface area contributed by atoms with Crippen molar-refractivity contribution in [3.63, 3.8) is 0 Å². The van der Waals surface area contributed by atoms with Crippen molar-refractivity contribution in [1.82, 2.24) is 9.97 Å². The maximum atomic E-state index is 5.61. The van der Waals surface area contributed by atoms with Gasteiger partial charge < -0.3 is 15.4 Å². The average Bonchev–Trinajstić information content (AvgIpc) is 2.80. The Morgan fingerprint density at radius 2 is 2.27 bits per heavy atom. The van der Waals surface area contributed by atoms with E-state index in [1.165, 1.54) is 6.33 Å². The molecule has 15 heavy (non-hydrogen) atoms. The molecule has 1 saturated heterocycles. The molecule has 0 bridgehead atoms. The van der Waals surface area contributed by atoms with Crippen molar-refractivity contribution in [2.24, 2.45) is 5.73 Å². The van der Waals surface area contributed by atoms with Gasteiger partial charge >= 0.3 is 0 Å². The van der Waals surface area contributed by atoms with Crippen LogP contribution < -0.4 is 10.6 Å². The van der Waals surface area contributed by atoms with Crippen molar-refractivity contribution in [1.29, 1.82) is 0 Å². The van der Waals surface area contributed by atoms with Crippen LogP contribution in [0.25, 0.3) is 0 Å². The highest BCUT2D eigenvalue weighted by Crippen LogP contribution is 2.19. The van der Waals surface area contributed by atoms with Gasteiger partial charge in [0.15, 0.2) is 0 Å². The molecule has 2 rings (SSSR count). The summed E-state index contributed by atoms with van der Waals surface area (Å²) in [5.74, 6) is 0. The van der Waals surface area contributed by atoms with E-state index in [0.29, 0.717) is 12.6 Å². The zero-order valence-corrected chi connectivity index (χ0v) is 8.67. The quantitative estimate of drug-likeness (QED) is 0.756. The topological polar surface area (TPSA) is 64.3 Å². The predicted molar refractivity (Wildman–Crippen MR) is 57.7 cm³/mol. The minimum atomic E-state index is 0.416. The molecule has 2 N–H and O–H groups in total. The third-order valence-electron chi connectivity index (χ3n) is 2.60. The van der Waals surface area contributed by atoms with Gasteiger partial charge in [-0.15, -0.1) is 0 Å². The lowest BCUT2D eigenvalue weighted by molar-refractivity contribution is 0.193. The highest BCUT2D eigenvalue weighted by molar-refractivity contribution is 5.43. The Kier molecular flexibility index (Phi) is 3.47. The maximum absolute atomic E-state index is 5.61. The van der Waals surface area contributed by atoms with Crippen molar-refractivity contribution >= 4 is 5.69 Å². The molecule has 0 aromatic carbocycles. The lowest BCUT2D eigenvalue weighted by Crippen LogP contribution is -2.39. The Hall–Kier alpha value is -1.20. The van der Waals surface area contributed by atoms with Crippen LogP contribution in [0.3, 0.4) is 0 Å². The second-order valence-corrected chi connectivity index (χ2v) is 3.60. The number of nitrogens with two attached hydrogens (primary N) is 1. The summed E-state index contributed by atoms with van der Waals surface area (Å²) in [6.45, 7) is 3.06. The van der Waals surface area contributed by atoms with Gasteiger partial charge in [0, 0.05) is 19.7 Å². The van der Waals surface area contributed by atoms with E-state index in [9.17, 15) is 0 Å². The van der Waals surface area contributed by atoms with Crippen LogP contribution in [-0.4, -0.2) is 42.3 Å². The van der Waals surface area contributed by atoms with Crippen LogP contribution in [0.1, 0.15) is 6.42 Å². The minimum Gasteiger partial charge on any atom is -0.379 e. The molecule has 0 spiro atoms.